The molecule has 0 spiro atoms. The number of amidine groups is 1. The fraction of sp³-hybridized carbons (Fsp3) is 0.900. The maximum absolute atomic E-state index is 4.58. The summed E-state index contributed by atoms with van der Waals surface area (Å²) in [5.41, 5.74) is 0. The highest BCUT2D eigenvalue weighted by molar-refractivity contribution is 8.13. The topological polar surface area (TPSA) is 24.4 Å². The lowest BCUT2D eigenvalue weighted by atomic mass is 9.98. The summed E-state index contributed by atoms with van der Waals surface area (Å²) in [6.07, 6.45) is 2.68. The van der Waals surface area contributed by atoms with Crippen LogP contribution >= 0.6 is 11.8 Å². The Morgan fingerprint density at radius 2 is 2.23 bits per heavy atom. The Labute approximate surface area is 84.6 Å². The molecule has 1 aliphatic heterocycles. The van der Waals surface area contributed by atoms with Gasteiger partial charge < -0.3 is 5.32 Å². The molecule has 1 saturated carbocycles. The molecule has 0 amide bonds. The van der Waals surface area contributed by atoms with Crippen LogP contribution < -0.4 is 5.32 Å². The zero-order valence-electron chi connectivity index (χ0n) is 8.42. The van der Waals surface area contributed by atoms with Crippen LogP contribution in [0.25, 0.3) is 0 Å². The molecular formula is C10H18N2S. The number of aliphatic imine (C=N–C) groups is 1. The molecule has 74 valence electrons. The summed E-state index contributed by atoms with van der Waals surface area (Å²) in [5.74, 6) is 2.81. The third-order valence-corrected chi connectivity index (χ3v) is 3.87. The van der Waals surface area contributed by atoms with E-state index in [4.69, 9.17) is 0 Å². The maximum atomic E-state index is 4.58. The van der Waals surface area contributed by atoms with Gasteiger partial charge in [-0.25, -0.2) is 0 Å². The first kappa shape index (κ1) is 9.38. The van der Waals surface area contributed by atoms with Crippen molar-refractivity contribution in [3.05, 3.63) is 0 Å². The van der Waals surface area contributed by atoms with Crippen molar-refractivity contribution in [1.29, 1.82) is 0 Å². The van der Waals surface area contributed by atoms with Crippen molar-refractivity contribution in [2.24, 2.45) is 16.8 Å². The minimum Gasteiger partial charge on any atom is -0.362 e. The van der Waals surface area contributed by atoms with Crippen LogP contribution in [0.4, 0.5) is 0 Å². The van der Waals surface area contributed by atoms with E-state index < -0.39 is 0 Å². The van der Waals surface area contributed by atoms with Crippen molar-refractivity contribution in [1.82, 2.24) is 5.32 Å². The van der Waals surface area contributed by atoms with Gasteiger partial charge in [0.05, 0.1) is 0 Å². The predicted molar refractivity (Wildman–Crippen MR) is 59.2 cm³/mol. The van der Waals surface area contributed by atoms with Crippen LogP contribution in [-0.2, 0) is 0 Å². The van der Waals surface area contributed by atoms with Gasteiger partial charge in [-0.2, -0.15) is 0 Å². The molecule has 13 heavy (non-hydrogen) atoms. The van der Waals surface area contributed by atoms with E-state index in [9.17, 15) is 0 Å². The first-order chi connectivity index (χ1) is 6.25. The average Bonchev–Trinajstić information content (AvgIpc) is 2.89. The standard InChI is InChI=1S/C10H18N2S/c1-7(2)8-5-11-10(13-6-8)12-9-3-4-9/h7-9H,3-6H2,1-2H3,(H,11,12). The highest BCUT2D eigenvalue weighted by atomic mass is 32.2. The molecule has 0 bridgehead atoms. The minimum atomic E-state index is 0.752. The molecule has 2 rings (SSSR count). The van der Waals surface area contributed by atoms with Gasteiger partial charge in [-0.3, -0.25) is 4.99 Å². The number of nitrogens with one attached hydrogen (secondary N) is 1. The van der Waals surface area contributed by atoms with Crippen LogP contribution in [0, 0.1) is 11.8 Å². The number of nitrogens with zero attached hydrogens (tertiary/aromatic N) is 1. The van der Waals surface area contributed by atoms with Crippen molar-refractivity contribution >= 4 is 16.9 Å². The molecule has 0 aromatic heterocycles. The van der Waals surface area contributed by atoms with Crippen LogP contribution in [0.2, 0.25) is 0 Å². The Balaban J connectivity index is 1.81. The maximum Gasteiger partial charge on any atom is 0.156 e. The average molecular weight is 198 g/mol. The molecular weight excluding hydrogens is 180 g/mol. The normalized spacial score (nSPS) is 28.8. The van der Waals surface area contributed by atoms with Crippen molar-refractivity contribution in [2.45, 2.75) is 32.7 Å². The van der Waals surface area contributed by atoms with Crippen LogP contribution in [0.1, 0.15) is 26.7 Å². The molecule has 1 fully saturated rings. The van der Waals surface area contributed by atoms with Gasteiger partial charge in [0.2, 0.25) is 0 Å². The molecule has 0 aromatic rings. The first-order valence-electron chi connectivity index (χ1n) is 5.19. The second-order valence-corrected chi connectivity index (χ2v) is 5.39. The summed E-state index contributed by atoms with van der Waals surface area (Å²) in [5, 5.41) is 4.66. The zero-order chi connectivity index (χ0) is 9.26. The van der Waals surface area contributed by atoms with Crippen molar-refractivity contribution in [3.63, 3.8) is 0 Å². The van der Waals surface area contributed by atoms with E-state index in [1.54, 1.807) is 0 Å². The Hall–Kier alpha value is -0.180. The van der Waals surface area contributed by atoms with Gasteiger partial charge in [-0.15, -0.1) is 0 Å². The first-order valence-corrected chi connectivity index (χ1v) is 6.18. The second kappa shape index (κ2) is 3.91. The van der Waals surface area contributed by atoms with Crippen LogP contribution in [-0.4, -0.2) is 23.5 Å². The lowest BCUT2D eigenvalue weighted by molar-refractivity contribution is 0.435. The minimum absolute atomic E-state index is 0.752. The SMILES string of the molecule is CC(C)C1CN=C(NC2CC2)SC1. The van der Waals surface area contributed by atoms with E-state index in [1.807, 2.05) is 11.8 Å². The number of rotatable bonds is 2. The zero-order valence-corrected chi connectivity index (χ0v) is 9.23. The van der Waals surface area contributed by atoms with Crippen LogP contribution in [0.3, 0.4) is 0 Å². The van der Waals surface area contributed by atoms with Gasteiger partial charge in [0.25, 0.3) is 0 Å². The molecule has 1 atom stereocenters. The van der Waals surface area contributed by atoms with Crippen LogP contribution in [0.15, 0.2) is 4.99 Å². The van der Waals surface area contributed by atoms with Crippen LogP contribution in [0.5, 0.6) is 0 Å². The van der Waals surface area contributed by atoms with Gasteiger partial charge >= 0.3 is 0 Å². The molecule has 1 N–H and O–H groups in total. The summed E-state index contributed by atoms with van der Waals surface area (Å²) < 4.78 is 0. The number of hydrogen-bond acceptors (Lipinski definition) is 3. The smallest absolute Gasteiger partial charge is 0.156 e. The third kappa shape index (κ3) is 2.63. The van der Waals surface area contributed by atoms with E-state index in [-0.39, 0.29) is 0 Å². The predicted octanol–water partition coefficient (Wildman–Crippen LogP) is 2.11. The highest BCUT2D eigenvalue weighted by Gasteiger charge is 2.25. The van der Waals surface area contributed by atoms with E-state index in [0.717, 1.165) is 24.4 Å². The Morgan fingerprint density at radius 1 is 1.46 bits per heavy atom. The van der Waals surface area contributed by atoms with Gasteiger partial charge in [-0.05, 0) is 24.7 Å². The van der Waals surface area contributed by atoms with Gasteiger partial charge in [0, 0.05) is 18.3 Å². The Kier molecular flexibility index (Phi) is 2.82. The van der Waals surface area contributed by atoms with E-state index in [1.165, 1.54) is 23.8 Å². The molecule has 2 aliphatic rings. The van der Waals surface area contributed by atoms with Crippen molar-refractivity contribution in [3.8, 4) is 0 Å². The summed E-state index contributed by atoms with van der Waals surface area (Å²) >= 11 is 1.91. The second-order valence-electron chi connectivity index (χ2n) is 4.38. The Morgan fingerprint density at radius 3 is 2.69 bits per heavy atom. The molecule has 1 heterocycles. The number of hydrogen-bond donors (Lipinski definition) is 1. The van der Waals surface area contributed by atoms with Gasteiger partial charge in [-0.1, -0.05) is 25.6 Å². The molecule has 2 nitrogen and oxygen atoms in total. The van der Waals surface area contributed by atoms with Crippen molar-refractivity contribution in [2.75, 3.05) is 12.3 Å². The molecule has 0 aromatic carbocycles. The van der Waals surface area contributed by atoms with Crippen molar-refractivity contribution < 1.29 is 0 Å². The van der Waals surface area contributed by atoms with E-state index in [2.05, 4.69) is 24.2 Å². The fourth-order valence-corrected chi connectivity index (χ4v) is 2.66. The molecule has 1 unspecified atom stereocenters. The summed E-state index contributed by atoms with van der Waals surface area (Å²) in [7, 11) is 0. The van der Waals surface area contributed by atoms with Gasteiger partial charge in [0.1, 0.15) is 0 Å². The van der Waals surface area contributed by atoms with Gasteiger partial charge in [0.15, 0.2) is 5.17 Å². The Bertz CT molecular complexity index is 209. The molecule has 1 aliphatic carbocycles. The largest absolute Gasteiger partial charge is 0.362 e. The fourth-order valence-electron chi connectivity index (χ4n) is 1.38. The molecule has 3 heteroatoms. The summed E-state index contributed by atoms with van der Waals surface area (Å²) in [6.45, 7) is 5.61. The molecule has 0 radical (unpaired) electrons. The summed E-state index contributed by atoms with van der Waals surface area (Å²) in [6, 6.07) is 0.752. The highest BCUT2D eigenvalue weighted by Crippen LogP contribution is 2.25. The lowest BCUT2D eigenvalue weighted by Gasteiger charge is -2.23. The van der Waals surface area contributed by atoms with E-state index >= 15 is 0 Å². The summed E-state index contributed by atoms with van der Waals surface area (Å²) in [4.78, 5) is 4.58. The third-order valence-electron chi connectivity index (χ3n) is 2.75. The molecule has 0 saturated heterocycles. The van der Waals surface area contributed by atoms with E-state index in [0.29, 0.717) is 0 Å². The number of thioether (sulfide) groups is 1. The monoisotopic (exact) mass is 198 g/mol. The lowest BCUT2D eigenvalue weighted by Crippen LogP contribution is -2.30. The quantitative estimate of drug-likeness (QED) is 0.735.